The van der Waals surface area contributed by atoms with Crippen molar-refractivity contribution >= 4 is 24.0 Å². The van der Waals surface area contributed by atoms with Gasteiger partial charge in [0.05, 0.1) is 12.7 Å². The molecule has 3 nitrogen and oxygen atoms in total. The molecule has 1 unspecified atom stereocenters. The Morgan fingerprint density at radius 3 is 3.00 bits per heavy atom. The van der Waals surface area contributed by atoms with Gasteiger partial charge in [-0.3, -0.25) is 0 Å². The molecule has 5 heteroatoms. The molecule has 1 aromatic carbocycles. The molecule has 1 saturated heterocycles. The van der Waals surface area contributed by atoms with Crippen molar-refractivity contribution in [2.45, 2.75) is 32.4 Å². The number of ether oxygens (including phenoxy) is 2. The molecule has 1 aliphatic heterocycles. The lowest BCUT2D eigenvalue weighted by molar-refractivity contribution is 0.110. The lowest BCUT2D eigenvalue weighted by Gasteiger charge is -2.13. The third kappa shape index (κ3) is 5.19. The third-order valence-electron chi connectivity index (χ3n) is 3.03. The summed E-state index contributed by atoms with van der Waals surface area (Å²) in [6.07, 6.45) is 2.69. The fraction of sp³-hybridized carbons (Fsp3) is 0.571. The van der Waals surface area contributed by atoms with Gasteiger partial charge in [-0.05, 0) is 38.0 Å². The zero-order valence-corrected chi connectivity index (χ0v) is 12.7. The molecule has 1 aromatic rings. The number of benzene rings is 1. The Labute approximate surface area is 126 Å². The lowest BCUT2D eigenvalue weighted by atomic mass is 10.2. The van der Waals surface area contributed by atoms with Crippen LogP contribution >= 0.6 is 24.0 Å². The molecule has 0 amide bonds. The molecule has 1 N–H and O–H groups in total. The molecule has 0 radical (unpaired) electrons. The predicted octanol–water partition coefficient (Wildman–Crippen LogP) is 3.43. The predicted molar refractivity (Wildman–Crippen MR) is 80.5 cm³/mol. The minimum absolute atomic E-state index is 0. The summed E-state index contributed by atoms with van der Waals surface area (Å²) in [4.78, 5) is 0. The Hall–Kier alpha value is -0.480. The fourth-order valence-corrected chi connectivity index (χ4v) is 2.35. The highest BCUT2D eigenvalue weighted by atomic mass is 35.5. The average molecular weight is 306 g/mol. The van der Waals surface area contributed by atoms with Crippen molar-refractivity contribution < 1.29 is 9.47 Å². The van der Waals surface area contributed by atoms with Crippen LogP contribution in [0.1, 0.15) is 25.3 Å². The highest BCUT2D eigenvalue weighted by Gasteiger charge is 2.14. The van der Waals surface area contributed by atoms with Gasteiger partial charge in [-0.2, -0.15) is 0 Å². The van der Waals surface area contributed by atoms with E-state index in [1.54, 1.807) is 0 Å². The van der Waals surface area contributed by atoms with Crippen LogP contribution in [0.5, 0.6) is 5.75 Å². The highest BCUT2D eigenvalue weighted by Crippen LogP contribution is 2.23. The van der Waals surface area contributed by atoms with Gasteiger partial charge in [0, 0.05) is 30.3 Å². The smallest absolute Gasteiger partial charge is 0.123 e. The molecule has 0 bridgehead atoms. The SMILES string of the molecule is CCOc1ccc(Cl)cc1CNCC1CCCO1.Cl. The largest absolute Gasteiger partial charge is 0.494 e. The minimum Gasteiger partial charge on any atom is -0.494 e. The number of rotatable bonds is 6. The normalized spacial score (nSPS) is 18.1. The van der Waals surface area contributed by atoms with Crippen molar-refractivity contribution in [3.8, 4) is 5.75 Å². The molecule has 1 aliphatic rings. The van der Waals surface area contributed by atoms with Gasteiger partial charge in [0.1, 0.15) is 5.75 Å². The van der Waals surface area contributed by atoms with Gasteiger partial charge in [0.25, 0.3) is 0 Å². The number of hydrogen-bond acceptors (Lipinski definition) is 3. The van der Waals surface area contributed by atoms with Crippen molar-refractivity contribution in [3.63, 3.8) is 0 Å². The van der Waals surface area contributed by atoms with Crippen LogP contribution < -0.4 is 10.1 Å². The van der Waals surface area contributed by atoms with Crippen LogP contribution in [0.25, 0.3) is 0 Å². The molecule has 0 spiro atoms. The van der Waals surface area contributed by atoms with Gasteiger partial charge < -0.3 is 14.8 Å². The highest BCUT2D eigenvalue weighted by molar-refractivity contribution is 6.30. The molecule has 0 aromatic heterocycles. The van der Waals surface area contributed by atoms with E-state index >= 15 is 0 Å². The monoisotopic (exact) mass is 305 g/mol. The molecular weight excluding hydrogens is 285 g/mol. The molecule has 1 heterocycles. The van der Waals surface area contributed by atoms with E-state index in [0.29, 0.717) is 12.7 Å². The van der Waals surface area contributed by atoms with E-state index in [1.807, 2.05) is 25.1 Å². The summed E-state index contributed by atoms with van der Waals surface area (Å²) in [5.41, 5.74) is 1.10. The maximum Gasteiger partial charge on any atom is 0.123 e. The minimum atomic E-state index is 0. The maximum atomic E-state index is 6.01. The Kier molecular flexibility index (Phi) is 7.54. The van der Waals surface area contributed by atoms with E-state index in [4.69, 9.17) is 21.1 Å². The first-order valence-electron chi connectivity index (χ1n) is 6.53. The molecule has 0 aliphatic carbocycles. The number of hydrogen-bond donors (Lipinski definition) is 1. The van der Waals surface area contributed by atoms with Crippen molar-refractivity contribution in [1.29, 1.82) is 0 Å². The van der Waals surface area contributed by atoms with Crippen molar-refractivity contribution in [2.24, 2.45) is 0 Å². The van der Waals surface area contributed by atoms with Crippen LogP contribution in [-0.2, 0) is 11.3 Å². The average Bonchev–Trinajstić information content (AvgIpc) is 2.86. The summed E-state index contributed by atoms with van der Waals surface area (Å²) >= 11 is 6.01. The molecule has 1 atom stereocenters. The summed E-state index contributed by atoms with van der Waals surface area (Å²) in [7, 11) is 0. The van der Waals surface area contributed by atoms with E-state index < -0.39 is 0 Å². The Morgan fingerprint density at radius 2 is 2.32 bits per heavy atom. The molecule has 0 saturated carbocycles. The molecule has 108 valence electrons. The van der Waals surface area contributed by atoms with Gasteiger partial charge in [0.15, 0.2) is 0 Å². The van der Waals surface area contributed by atoms with Gasteiger partial charge in [-0.25, -0.2) is 0 Å². The van der Waals surface area contributed by atoms with E-state index in [1.165, 1.54) is 6.42 Å². The van der Waals surface area contributed by atoms with Crippen LogP contribution in [0.4, 0.5) is 0 Å². The topological polar surface area (TPSA) is 30.5 Å². The molecule has 1 fully saturated rings. The zero-order chi connectivity index (χ0) is 12.8. The zero-order valence-electron chi connectivity index (χ0n) is 11.2. The summed E-state index contributed by atoms with van der Waals surface area (Å²) < 4.78 is 11.2. The summed E-state index contributed by atoms with van der Waals surface area (Å²) in [6.45, 7) is 5.19. The maximum absolute atomic E-state index is 6.01. The first kappa shape index (κ1) is 16.6. The second-order valence-corrected chi connectivity index (χ2v) is 4.89. The van der Waals surface area contributed by atoms with E-state index in [9.17, 15) is 0 Å². The van der Waals surface area contributed by atoms with Crippen molar-refractivity contribution in [1.82, 2.24) is 5.32 Å². The van der Waals surface area contributed by atoms with Crippen LogP contribution in [0.15, 0.2) is 18.2 Å². The third-order valence-corrected chi connectivity index (χ3v) is 3.27. The Morgan fingerprint density at radius 1 is 1.47 bits per heavy atom. The lowest BCUT2D eigenvalue weighted by Crippen LogP contribution is -2.26. The van der Waals surface area contributed by atoms with Crippen molar-refractivity contribution in [3.05, 3.63) is 28.8 Å². The van der Waals surface area contributed by atoms with Gasteiger partial charge >= 0.3 is 0 Å². The van der Waals surface area contributed by atoms with Gasteiger partial charge in [-0.1, -0.05) is 11.6 Å². The number of nitrogens with one attached hydrogen (secondary N) is 1. The Bertz CT molecular complexity index is 382. The van der Waals surface area contributed by atoms with E-state index in [2.05, 4.69) is 5.32 Å². The quantitative estimate of drug-likeness (QED) is 0.873. The fourth-order valence-electron chi connectivity index (χ4n) is 2.16. The second kappa shape index (κ2) is 8.64. The van der Waals surface area contributed by atoms with Crippen LogP contribution in [0, 0.1) is 0 Å². The molecule has 19 heavy (non-hydrogen) atoms. The summed E-state index contributed by atoms with van der Waals surface area (Å²) in [5.74, 6) is 0.904. The van der Waals surface area contributed by atoms with Gasteiger partial charge in [0.2, 0.25) is 0 Å². The van der Waals surface area contributed by atoms with Gasteiger partial charge in [-0.15, -0.1) is 12.4 Å². The first-order chi connectivity index (χ1) is 8.79. The second-order valence-electron chi connectivity index (χ2n) is 4.45. The summed E-state index contributed by atoms with van der Waals surface area (Å²) in [5, 5.41) is 4.15. The summed E-state index contributed by atoms with van der Waals surface area (Å²) in [6, 6.07) is 5.74. The molecular formula is C14H21Cl2NO2. The molecule has 2 rings (SSSR count). The standard InChI is InChI=1S/C14H20ClNO2.ClH/c1-2-17-14-6-5-12(15)8-11(14)9-16-10-13-4-3-7-18-13;/h5-6,8,13,16H,2-4,7,9-10H2,1H3;1H. The van der Waals surface area contributed by atoms with E-state index in [-0.39, 0.29) is 12.4 Å². The Balaban J connectivity index is 0.00000180. The first-order valence-corrected chi connectivity index (χ1v) is 6.91. The van der Waals surface area contributed by atoms with E-state index in [0.717, 1.165) is 42.5 Å². The van der Waals surface area contributed by atoms with Crippen LogP contribution in [-0.4, -0.2) is 25.9 Å². The van der Waals surface area contributed by atoms with Crippen LogP contribution in [0.2, 0.25) is 5.02 Å². The van der Waals surface area contributed by atoms with Crippen molar-refractivity contribution in [2.75, 3.05) is 19.8 Å². The number of halogens is 2. The van der Waals surface area contributed by atoms with Crippen LogP contribution in [0.3, 0.4) is 0 Å².